The van der Waals surface area contributed by atoms with Crippen LogP contribution in [0.4, 0.5) is 0 Å². The van der Waals surface area contributed by atoms with E-state index in [9.17, 15) is 9.59 Å². The van der Waals surface area contributed by atoms with E-state index in [2.05, 4.69) is 10.6 Å². The average Bonchev–Trinajstić information content (AvgIpc) is 2.44. The molecule has 0 radical (unpaired) electrons. The number of aliphatic carboxylic acids is 1. The highest BCUT2D eigenvalue weighted by Gasteiger charge is 2.20. The standard InChI is InChI=1S/C14H20N2O4/c1-8-9(7-11(15-2)14(18)19)5-6-10(12(8)20-4)13(17)16-3/h5-6,11,15H,7H2,1-4H3,(H,16,17)(H,18,19)/t11-/m0/s1. The van der Waals surface area contributed by atoms with Crippen molar-refractivity contribution >= 4 is 11.9 Å². The van der Waals surface area contributed by atoms with E-state index in [4.69, 9.17) is 9.84 Å². The van der Waals surface area contributed by atoms with Crippen molar-refractivity contribution in [2.24, 2.45) is 0 Å². The normalized spacial score (nSPS) is 11.8. The van der Waals surface area contributed by atoms with E-state index in [1.165, 1.54) is 7.11 Å². The third kappa shape index (κ3) is 3.27. The van der Waals surface area contributed by atoms with E-state index in [1.807, 2.05) is 6.92 Å². The van der Waals surface area contributed by atoms with Crippen LogP contribution in [0.25, 0.3) is 0 Å². The lowest BCUT2D eigenvalue weighted by Crippen LogP contribution is -2.36. The van der Waals surface area contributed by atoms with Gasteiger partial charge in [0.15, 0.2) is 0 Å². The van der Waals surface area contributed by atoms with Crippen LogP contribution >= 0.6 is 0 Å². The number of carbonyl (C=O) groups is 2. The zero-order valence-corrected chi connectivity index (χ0v) is 12.1. The Hall–Kier alpha value is -2.08. The smallest absolute Gasteiger partial charge is 0.321 e. The predicted octanol–water partition coefficient (Wildman–Crippen LogP) is 0.578. The largest absolute Gasteiger partial charge is 0.496 e. The number of likely N-dealkylation sites (N-methyl/N-ethyl adjacent to an activating group) is 1. The molecule has 1 rings (SSSR count). The molecule has 1 atom stereocenters. The molecule has 6 nitrogen and oxygen atoms in total. The van der Waals surface area contributed by atoms with Crippen molar-refractivity contribution in [2.75, 3.05) is 21.2 Å². The molecule has 1 amide bonds. The number of methoxy groups -OCH3 is 1. The summed E-state index contributed by atoms with van der Waals surface area (Å²) in [7, 11) is 4.64. The molecule has 0 heterocycles. The maximum atomic E-state index is 11.7. The van der Waals surface area contributed by atoms with Crippen molar-refractivity contribution in [2.45, 2.75) is 19.4 Å². The molecule has 0 aliphatic carbocycles. The highest BCUT2D eigenvalue weighted by Crippen LogP contribution is 2.27. The van der Waals surface area contributed by atoms with Crippen LogP contribution in [0.2, 0.25) is 0 Å². The lowest BCUT2D eigenvalue weighted by molar-refractivity contribution is -0.139. The molecule has 1 aromatic rings. The van der Waals surface area contributed by atoms with Gasteiger partial charge in [0, 0.05) is 7.05 Å². The first-order chi connectivity index (χ1) is 9.46. The van der Waals surface area contributed by atoms with Crippen LogP contribution < -0.4 is 15.4 Å². The number of hydrogen-bond donors (Lipinski definition) is 3. The molecule has 0 fully saturated rings. The molecule has 0 aromatic heterocycles. The molecule has 6 heteroatoms. The fourth-order valence-corrected chi connectivity index (χ4v) is 2.06. The van der Waals surface area contributed by atoms with E-state index >= 15 is 0 Å². The van der Waals surface area contributed by atoms with Gasteiger partial charge in [-0.15, -0.1) is 0 Å². The summed E-state index contributed by atoms with van der Waals surface area (Å²) in [5, 5.41) is 14.4. The average molecular weight is 280 g/mol. The van der Waals surface area contributed by atoms with Gasteiger partial charge < -0.3 is 20.5 Å². The van der Waals surface area contributed by atoms with Gasteiger partial charge >= 0.3 is 5.97 Å². The Kier molecular flexibility index (Phi) is 5.52. The van der Waals surface area contributed by atoms with Crippen LogP contribution in [0.5, 0.6) is 5.75 Å². The number of carboxylic acid groups (broad SMARTS) is 1. The third-order valence-electron chi connectivity index (χ3n) is 3.26. The molecule has 0 unspecified atom stereocenters. The minimum absolute atomic E-state index is 0.236. The monoisotopic (exact) mass is 280 g/mol. The number of benzene rings is 1. The predicted molar refractivity (Wildman–Crippen MR) is 75.3 cm³/mol. The van der Waals surface area contributed by atoms with Gasteiger partial charge in [0.25, 0.3) is 5.91 Å². The molecule has 0 saturated carbocycles. The highest BCUT2D eigenvalue weighted by molar-refractivity contribution is 5.97. The zero-order valence-electron chi connectivity index (χ0n) is 12.1. The molecule has 110 valence electrons. The summed E-state index contributed by atoms with van der Waals surface area (Å²) in [6.07, 6.45) is 0.321. The summed E-state index contributed by atoms with van der Waals surface area (Å²) in [6, 6.07) is 2.73. The summed E-state index contributed by atoms with van der Waals surface area (Å²) in [5.74, 6) is -0.678. The zero-order chi connectivity index (χ0) is 15.3. The van der Waals surface area contributed by atoms with Crippen molar-refractivity contribution in [3.05, 3.63) is 28.8 Å². The summed E-state index contributed by atoms with van der Waals surface area (Å²) in [5.41, 5.74) is 2.04. The third-order valence-corrected chi connectivity index (χ3v) is 3.26. The van der Waals surface area contributed by atoms with Gasteiger partial charge in [-0.25, -0.2) is 0 Å². The lowest BCUT2D eigenvalue weighted by Gasteiger charge is -2.17. The van der Waals surface area contributed by atoms with Gasteiger partial charge in [0.05, 0.1) is 12.7 Å². The number of rotatable bonds is 6. The summed E-state index contributed by atoms with van der Waals surface area (Å²) < 4.78 is 5.29. The first kappa shape index (κ1) is 16.0. The lowest BCUT2D eigenvalue weighted by atomic mass is 9.97. The second-order valence-electron chi connectivity index (χ2n) is 4.39. The number of ether oxygens (including phenoxy) is 1. The van der Waals surface area contributed by atoms with Crippen LogP contribution in [0.1, 0.15) is 21.5 Å². The first-order valence-corrected chi connectivity index (χ1v) is 6.24. The van der Waals surface area contributed by atoms with Gasteiger partial charge in [-0.05, 0) is 37.6 Å². The van der Waals surface area contributed by atoms with Gasteiger partial charge in [-0.1, -0.05) is 6.07 Å². The molecule has 0 bridgehead atoms. The second kappa shape index (κ2) is 6.91. The SMILES string of the molecule is CNC(=O)c1ccc(C[C@H](NC)C(=O)O)c(C)c1OC. The van der Waals surface area contributed by atoms with E-state index < -0.39 is 12.0 Å². The number of hydrogen-bond acceptors (Lipinski definition) is 4. The van der Waals surface area contributed by atoms with E-state index in [1.54, 1.807) is 26.2 Å². The van der Waals surface area contributed by atoms with E-state index in [-0.39, 0.29) is 5.91 Å². The molecular formula is C14H20N2O4. The molecule has 3 N–H and O–H groups in total. The van der Waals surface area contributed by atoms with Crippen LogP contribution in [0, 0.1) is 6.92 Å². The van der Waals surface area contributed by atoms with Crippen molar-refractivity contribution in [1.82, 2.24) is 10.6 Å². The summed E-state index contributed by atoms with van der Waals surface area (Å²) >= 11 is 0. The molecule has 0 aliphatic rings. The topological polar surface area (TPSA) is 87.7 Å². The van der Waals surface area contributed by atoms with Crippen LogP contribution in [-0.4, -0.2) is 44.2 Å². The second-order valence-corrected chi connectivity index (χ2v) is 4.39. The molecule has 0 aliphatic heterocycles. The van der Waals surface area contributed by atoms with E-state index in [0.29, 0.717) is 17.7 Å². The van der Waals surface area contributed by atoms with E-state index in [0.717, 1.165) is 11.1 Å². The Morgan fingerprint density at radius 1 is 1.35 bits per heavy atom. The minimum Gasteiger partial charge on any atom is -0.496 e. The molecule has 1 aromatic carbocycles. The maximum Gasteiger partial charge on any atom is 0.321 e. The Labute approximate surface area is 118 Å². The highest BCUT2D eigenvalue weighted by atomic mass is 16.5. The van der Waals surface area contributed by atoms with Gasteiger partial charge in [0.2, 0.25) is 0 Å². The van der Waals surface area contributed by atoms with Crippen LogP contribution in [0.15, 0.2) is 12.1 Å². The van der Waals surface area contributed by atoms with Crippen molar-refractivity contribution in [1.29, 1.82) is 0 Å². The Morgan fingerprint density at radius 3 is 2.45 bits per heavy atom. The molecule has 20 heavy (non-hydrogen) atoms. The Bertz CT molecular complexity index is 514. The number of carbonyl (C=O) groups excluding carboxylic acids is 1. The first-order valence-electron chi connectivity index (χ1n) is 6.24. The molecular weight excluding hydrogens is 260 g/mol. The van der Waals surface area contributed by atoms with Crippen molar-refractivity contribution in [3.8, 4) is 5.75 Å². The van der Waals surface area contributed by atoms with Crippen molar-refractivity contribution < 1.29 is 19.4 Å². The summed E-state index contributed by atoms with van der Waals surface area (Å²) in [4.78, 5) is 22.8. The quantitative estimate of drug-likeness (QED) is 0.709. The van der Waals surface area contributed by atoms with Gasteiger partial charge in [-0.3, -0.25) is 9.59 Å². The van der Waals surface area contributed by atoms with Gasteiger partial charge in [-0.2, -0.15) is 0 Å². The minimum atomic E-state index is -0.916. The number of nitrogens with one attached hydrogen (secondary N) is 2. The van der Waals surface area contributed by atoms with Crippen LogP contribution in [-0.2, 0) is 11.2 Å². The Morgan fingerprint density at radius 2 is 2.00 bits per heavy atom. The Balaban J connectivity index is 3.18. The molecule has 0 spiro atoms. The summed E-state index contributed by atoms with van der Waals surface area (Å²) in [6.45, 7) is 1.81. The molecule has 0 saturated heterocycles. The fourth-order valence-electron chi connectivity index (χ4n) is 2.06. The van der Waals surface area contributed by atoms with Gasteiger partial charge in [0.1, 0.15) is 11.8 Å². The number of carboxylic acids is 1. The van der Waals surface area contributed by atoms with Crippen LogP contribution in [0.3, 0.4) is 0 Å². The fraction of sp³-hybridized carbons (Fsp3) is 0.429. The maximum absolute atomic E-state index is 11.7. The van der Waals surface area contributed by atoms with Crippen molar-refractivity contribution in [3.63, 3.8) is 0 Å². The number of amides is 1.